The molecule has 0 aromatic rings. The van der Waals surface area contributed by atoms with Gasteiger partial charge in [-0.1, -0.05) is 71.1 Å². The topological polar surface area (TPSA) is 76.0 Å². The summed E-state index contributed by atoms with van der Waals surface area (Å²) in [5, 5.41) is 0. The van der Waals surface area contributed by atoms with E-state index in [0.29, 0.717) is 6.42 Å². The average molecular weight is 442 g/mol. The van der Waals surface area contributed by atoms with Crippen molar-refractivity contribution < 1.29 is 23.2 Å². The highest BCUT2D eigenvalue weighted by atomic mass is 16.6. The molecule has 0 spiro atoms. The molecule has 0 aromatic carbocycles. The molecule has 0 bridgehead atoms. The minimum atomic E-state index is -2.72. The normalized spacial score (nSPS) is 13.8. The first-order valence-corrected chi connectivity index (χ1v) is 11.9. The largest absolute Gasteiger partial charge is 0.442 e. The zero-order valence-electron chi connectivity index (χ0n) is 23.4. The van der Waals surface area contributed by atoms with Crippen LogP contribution in [-0.4, -0.2) is 47.5 Å². The fraction of sp³-hybridized carbons (Fsp3) is 0.840. The van der Waals surface area contributed by atoms with Crippen LogP contribution in [0, 0.1) is 0 Å². The summed E-state index contributed by atoms with van der Waals surface area (Å²) in [5.74, 6) is -0.876. The zero-order chi connectivity index (χ0) is 26.2. The third-order valence-corrected chi connectivity index (χ3v) is 4.72. The second-order valence-electron chi connectivity index (χ2n) is 9.30. The number of amidine groups is 1. The Kier molecular flexibility index (Phi) is 13.1. The molecule has 0 N–H and O–H groups in total. The minimum absolute atomic E-state index is 0.212. The summed E-state index contributed by atoms with van der Waals surface area (Å²) in [5.41, 5.74) is -0.823. The van der Waals surface area contributed by atoms with E-state index in [2.05, 4.69) is 11.9 Å². The highest BCUT2D eigenvalue weighted by Crippen LogP contribution is 2.13. The summed E-state index contributed by atoms with van der Waals surface area (Å²) < 4.78 is 28.4. The third-order valence-electron chi connectivity index (χ3n) is 4.72. The van der Waals surface area contributed by atoms with Crippen LogP contribution in [0.5, 0.6) is 0 Å². The Labute approximate surface area is 194 Å². The number of unbranched alkanes of at least 4 members (excludes halogenated alkanes) is 10. The maximum absolute atomic E-state index is 12.6. The maximum atomic E-state index is 12.6. The number of amides is 1. The van der Waals surface area contributed by atoms with E-state index in [1.54, 1.807) is 20.8 Å². The van der Waals surface area contributed by atoms with Crippen LogP contribution in [0.25, 0.3) is 0 Å². The molecule has 0 fully saturated rings. The van der Waals surface area contributed by atoms with Crippen LogP contribution in [0.2, 0.25) is 0 Å². The molecule has 0 atom stereocenters. The van der Waals surface area contributed by atoms with Gasteiger partial charge in [0, 0.05) is 17.5 Å². The lowest BCUT2D eigenvalue weighted by atomic mass is 10.0. The van der Waals surface area contributed by atoms with Crippen molar-refractivity contribution in [2.75, 3.05) is 13.5 Å². The standard InChI is InChI=1S/C25H46N2O4/c1-7-8-9-10-11-12-13-14-15-16-17-18-22(29)19-23(27(6)20-21(2)28)26-24(30)31-25(3,4)5/h7-20H2,1-6H3/i6D3. The lowest BCUT2D eigenvalue weighted by Gasteiger charge is -2.21. The molecular formula is C25H46N2O4. The number of carbonyl (C=O) groups is 3. The van der Waals surface area contributed by atoms with Crippen molar-refractivity contribution in [2.45, 2.75) is 124 Å². The number of ether oxygens (including phenoxy) is 1. The summed E-state index contributed by atoms with van der Waals surface area (Å²) in [6, 6.07) is 0. The van der Waals surface area contributed by atoms with Gasteiger partial charge in [-0.15, -0.1) is 0 Å². The first-order valence-electron chi connectivity index (χ1n) is 13.4. The Balaban J connectivity index is 4.77. The Morgan fingerprint density at radius 3 is 1.87 bits per heavy atom. The number of hydrogen-bond donors (Lipinski definition) is 0. The van der Waals surface area contributed by atoms with Gasteiger partial charge in [0.15, 0.2) is 0 Å². The second-order valence-corrected chi connectivity index (χ2v) is 9.30. The van der Waals surface area contributed by atoms with Crippen LogP contribution < -0.4 is 0 Å². The van der Waals surface area contributed by atoms with E-state index < -0.39 is 31.0 Å². The first-order chi connectivity index (χ1) is 15.8. The molecule has 1 amide bonds. The van der Waals surface area contributed by atoms with Gasteiger partial charge < -0.3 is 9.64 Å². The van der Waals surface area contributed by atoms with E-state index in [0.717, 1.165) is 24.2 Å². The number of nitrogens with zero attached hydrogens (tertiary/aromatic N) is 2. The number of Topliss-reactive ketones (excluding diaryl/α,β-unsaturated/α-hetero) is 2. The summed E-state index contributed by atoms with van der Waals surface area (Å²) in [4.78, 5) is 40.9. The third kappa shape index (κ3) is 18.7. The first kappa shape index (κ1) is 23.9. The minimum Gasteiger partial charge on any atom is -0.442 e. The van der Waals surface area contributed by atoms with Crippen molar-refractivity contribution in [3.8, 4) is 0 Å². The monoisotopic (exact) mass is 441 g/mol. The maximum Gasteiger partial charge on any atom is 0.435 e. The van der Waals surface area contributed by atoms with E-state index in [-0.39, 0.29) is 24.5 Å². The molecule has 0 saturated carbocycles. The van der Waals surface area contributed by atoms with Gasteiger partial charge in [0.25, 0.3) is 0 Å². The van der Waals surface area contributed by atoms with E-state index in [9.17, 15) is 14.4 Å². The van der Waals surface area contributed by atoms with Crippen molar-refractivity contribution in [1.29, 1.82) is 0 Å². The lowest BCUT2D eigenvalue weighted by molar-refractivity contribution is -0.119. The number of ketones is 2. The van der Waals surface area contributed by atoms with Gasteiger partial charge in [0.2, 0.25) is 0 Å². The van der Waals surface area contributed by atoms with Crippen molar-refractivity contribution in [3.05, 3.63) is 0 Å². The fourth-order valence-corrected chi connectivity index (χ4v) is 3.15. The fourth-order valence-electron chi connectivity index (χ4n) is 3.15. The number of hydrogen-bond acceptors (Lipinski definition) is 4. The number of aliphatic imine (C=N–C) groups is 1. The number of rotatable bonds is 16. The molecule has 31 heavy (non-hydrogen) atoms. The molecule has 0 aliphatic heterocycles. The smallest absolute Gasteiger partial charge is 0.435 e. The molecule has 0 radical (unpaired) electrons. The Bertz CT molecular complexity index is 656. The second kappa shape index (κ2) is 16.9. The lowest BCUT2D eigenvalue weighted by Crippen LogP contribution is -2.34. The van der Waals surface area contributed by atoms with Crippen molar-refractivity contribution in [2.24, 2.45) is 4.99 Å². The number of likely N-dealkylation sites (N-methyl/N-ethyl adjacent to an activating group) is 1. The van der Waals surface area contributed by atoms with E-state index in [1.807, 2.05) is 0 Å². The Morgan fingerprint density at radius 2 is 1.42 bits per heavy atom. The molecule has 6 heteroatoms. The Morgan fingerprint density at radius 1 is 0.903 bits per heavy atom. The predicted octanol–water partition coefficient (Wildman–Crippen LogP) is 6.50. The zero-order valence-corrected chi connectivity index (χ0v) is 20.4. The molecule has 0 saturated heterocycles. The van der Waals surface area contributed by atoms with Crippen LogP contribution in [-0.2, 0) is 14.3 Å². The molecule has 0 unspecified atom stereocenters. The van der Waals surface area contributed by atoms with Crippen LogP contribution in [0.4, 0.5) is 4.79 Å². The molecule has 6 nitrogen and oxygen atoms in total. The van der Waals surface area contributed by atoms with Crippen LogP contribution in [0.1, 0.15) is 122 Å². The molecule has 0 heterocycles. The predicted molar refractivity (Wildman–Crippen MR) is 128 cm³/mol. The molecule has 0 aromatic heterocycles. The van der Waals surface area contributed by atoms with Gasteiger partial charge in [0.05, 0.1) is 13.0 Å². The average Bonchev–Trinajstić information content (AvgIpc) is 2.67. The molecular weight excluding hydrogens is 392 g/mol. The number of carbonyl (C=O) groups excluding carboxylic acids is 3. The van der Waals surface area contributed by atoms with Crippen molar-refractivity contribution in [3.63, 3.8) is 0 Å². The quantitative estimate of drug-likeness (QED) is 0.155. The van der Waals surface area contributed by atoms with Crippen LogP contribution >= 0.6 is 0 Å². The summed E-state index contributed by atoms with van der Waals surface area (Å²) in [6.07, 6.45) is 11.8. The van der Waals surface area contributed by atoms with Crippen LogP contribution in [0.15, 0.2) is 4.99 Å². The summed E-state index contributed by atoms with van der Waals surface area (Å²) in [6.45, 7) is 5.26. The van der Waals surface area contributed by atoms with Gasteiger partial charge in [-0.3, -0.25) is 9.59 Å². The van der Waals surface area contributed by atoms with E-state index in [4.69, 9.17) is 8.85 Å². The van der Waals surface area contributed by atoms with Gasteiger partial charge >= 0.3 is 6.09 Å². The SMILES string of the molecule is [2H]C([2H])([2H])N(CC(C)=O)C(CC(=O)CCCCCCCCCCCCC)=NC(=O)OC(C)(C)C. The van der Waals surface area contributed by atoms with Gasteiger partial charge in [-0.25, -0.2) is 4.79 Å². The van der Waals surface area contributed by atoms with Gasteiger partial charge in [0.1, 0.15) is 23.0 Å². The molecule has 0 aliphatic rings. The van der Waals surface area contributed by atoms with Gasteiger partial charge in [-0.2, -0.15) is 4.99 Å². The molecule has 0 rings (SSSR count). The highest BCUT2D eigenvalue weighted by Gasteiger charge is 2.19. The van der Waals surface area contributed by atoms with Gasteiger partial charge in [-0.05, 0) is 34.1 Å². The summed E-state index contributed by atoms with van der Waals surface area (Å²) in [7, 11) is 0. The van der Waals surface area contributed by atoms with Crippen molar-refractivity contribution in [1.82, 2.24) is 4.90 Å². The molecule has 0 aliphatic carbocycles. The molecule has 180 valence electrons. The van der Waals surface area contributed by atoms with E-state index in [1.165, 1.54) is 51.9 Å². The van der Waals surface area contributed by atoms with Crippen LogP contribution in [0.3, 0.4) is 0 Å². The Hall–Kier alpha value is -1.72. The highest BCUT2D eigenvalue weighted by molar-refractivity contribution is 6.04. The summed E-state index contributed by atoms with van der Waals surface area (Å²) >= 11 is 0. The van der Waals surface area contributed by atoms with E-state index >= 15 is 0 Å². The van der Waals surface area contributed by atoms with Crippen molar-refractivity contribution >= 4 is 23.5 Å².